The lowest BCUT2D eigenvalue weighted by Crippen LogP contribution is -2.01. The molecule has 0 unspecified atom stereocenters. The summed E-state index contributed by atoms with van der Waals surface area (Å²) in [5, 5.41) is 31.6. The molecule has 110 valence electrons. The van der Waals surface area contributed by atoms with Gasteiger partial charge in [0.2, 0.25) is 0 Å². The third kappa shape index (κ3) is 1.92. The van der Waals surface area contributed by atoms with Crippen LogP contribution in [0.25, 0.3) is 21.7 Å². The number of non-ortho nitro benzene ring substituents is 2. The van der Waals surface area contributed by atoms with Crippen molar-refractivity contribution in [3.05, 3.63) is 61.0 Å². The van der Waals surface area contributed by atoms with Crippen molar-refractivity contribution in [1.29, 1.82) is 0 Å². The van der Waals surface area contributed by atoms with Gasteiger partial charge in [0.25, 0.3) is 11.4 Å². The Hall–Kier alpha value is -3.49. The van der Waals surface area contributed by atoms with Crippen molar-refractivity contribution in [2.24, 2.45) is 0 Å². The molecule has 0 radical (unpaired) electrons. The normalized spacial score (nSPS) is 10.9. The maximum atomic E-state index is 11.9. The molecule has 0 saturated heterocycles. The number of hydrogen-bond acceptors (Lipinski definition) is 7. The van der Waals surface area contributed by atoms with Crippen molar-refractivity contribution >= 4 is 33.1 Å². The summed E-state index contributed by atoms with van der Waals surface area (Å²) in [7, 11) is 0. The molecule has 3 aromatic rings. The molecule has 0 saturated carbocycles. The van der Waals surface area contributed by atoms with E-state index in [0.717, 1.165) is 18.2 Å². The lowest BCUT2D eigenvalue weighted by molar-refractivity contribution is -0.385. The predicted molar refractivity (Wildman–Crippen MR) is 75.0 cm³/mol. The summed E-state index contributed by atoms with van der Waals surface area (Å²) in [5.41, 5.74) is -1.76. The van der Waals surface area contributed by atoms with Crippen LogP contribution in [0.4, 0.5) is 11.4 Å². The average Bonchev–Trinajstić information content (AvgIpc) is 2.46. The van der Waals surface area contributed by atoms with E-state index in [1.54, 1.807) is 0 Å². The number of nitro groups is 2. The lowest BCUT2D eigenvalue weighted by Gasteiger charge is -2.04. The maximum Gasteiger partial charge on any atom is 0.344 e. The highest BCUT2D eigenvalue weighted by Crippen LogP contribution is 2.34. The molecule has 2 aromatic carbocycles. The van der Waals surface area contributed by atoms with Gasteiger partial charge in [-0.15, -0.1) is 0 Å². The lowest BCUT2D eigenvalue weighted by atomic mass is 10.1. The fourth-order valence-corrected chi connectivity index (χ4v) is 2.23. The Balaban J connectivity index is 2.49. The minimum absolute atomic E-state index is 0.0479. The zero-order valence-corrected chi connectivity index (χ0v) is 10.7. The van der Waals surface area contributed by atoms with Crippen LogP contribution in [-0.2, 0) is 0 Å². The topological polar surface area (TPSA) is 137 Å². The van der Waals surface area contributed by atoms with Gasteiger partial charge in [-0.2, -0.15) is 0 Å². The Morgan fingerprint density at radius 1 is 0.955 bits per heavy atom. The van der Waals surface area contributed by atoms with E-state index < -0.39 is 26.9 Å². The highest BCUT2D eigenvalue weighted by molar-refractivity contribution is 6.08. The van der Waals surface area contributed by atoms with Gasteiger partial charge in [-0.3, -0.25) is 20.2 Å². The van der Waals surface area contributed by atoms with E-state index in [9.17, 15) is 30.1 Å². The van der Waals surface area contributed by atoms with Gasteiger partial charge in [-0.25, -0.2) is 4.79 Å². The molecule has 0 spiro atoms. The van der Waals surface area contributed by atoms with Crippen molar-refractivity contribution in [2.45, 2.75) is 0 Å². The number of hydrogen-bond donors (Lipinski definition) is 1. The van der Waals surface area contributed by atoms with E-state index in [2.05, 4.69) is 0 Å². The second-order valence-electron chi connectivity index (χ2n) is 4.47. The van der Waals surface area contributed by atoms with Gasteiger partial charge in [0.15, 0.2) is 0 Å². The zero-order chi connectivity index (χ0) is 16.0. The molecule has 9 nitrogen and oxygen atoms in total. The van der Waals surface area contributed by atoms with Gasteiger partial charge >= 0.3 is 5.63 Å². The quantitative estimate of drug-likeness (QED) is 0.332. The van der Waals surface area contributed by atoms with Crippen molar-refractivity contribution < 1.29 is 19.4 Å². The average molecular weight is 302 g/mol. The number of phenols is 1. The Morgan fingerprint density at radius 2 is 1.64 bits per heavy atom. The molecule has 9 heteroatoms. The minimum atomic E-state index is -0.929. The molecule has 3 rings (SSSR count). The number of phenolic OH excluding ortho intramolecular Hbond substituents is 1. The highest BCUT2D eigenvalue weighted by atomic mass is 16.6. The van der Waals surface area contributed by atoms with Gasteiger partial charge in [-0.1, -0.05) is 0 Å². The van der Waals surface area contributed by atoms with E-state index in [1.165, 1.54) is 12.1 Å². The maximum absolute atomic E-state index is 11.9. The zero-order valence-electron chi connectivity index (χ0n) is 10.7. The van der Waals surface area contributed by atoms with Gasteiger partial charge in [0.05, 0.1) is 27.4 Å². The van der Waals surface area contributed by atoms with Crippen LogP contribution in [0.3, 0.4) is 0 Å². The van der Waals surface area contributed by atoms with Crippen LogP contribution < -0.4 is 5.63 Å². The summed E-state index contributed by atoms with van der Waals surface area (Å²) in [6, 6.07) is 5.44. The van der Waals surface area contributed by atoms with Gasteiger partial charge in [0.1, 0.15) is 11.3 Å². The fraction of sp³-hybridized carbons (Fsp3) is 0. The van der Waals surface area contributed by atoms with Crippen LogP contribution >= 0.6 is 0 Å². The SMILES string of the molecule is O=c1oc2cc([N+](=O)[O-])ccc2c2c(O)cc([N+](=O)[O-])cc12. The second-order valence-corrected chi connectivity index (χ2v) is 4.47. The number of benzene rings is 2. The van der Waals surface area contributed by atoms with Crippen LogP contribution in [0.1, 0.15) is 0 Å². The molecule has 0 atom stereocenters. The predicted octanol–water partition coefficient (Wildman–Crippen LogP) is 2.47. The summed E-state index contributed by atoms with van der Waals surface area (Å²) in [6.07, 6.45) is 0. The highest BCUT2D eigenvalue weighted by Gasteiger charge is 2.18. The van der Waals surface area contributed by atoms with Crippen LogP contribution in [0.2, 0.25) is 0 Å². The molecule has 1 aromatic heterocycles. The molecular formula is C13H6N2O7. The molecule has 1 heterocycles. The van der Waals surface area contributed by atoms with Gasteiger partial charge in [-0.05, 0) is 6.07 Å². The molecule has 0 amide bonds. The van der Waals surface area contributed by atoms with E-state index >= 15 is 0 Å². The summed E-state index contributed by atoms with van der Waals surface area (Å²) < 4.78 is 4.96. The van der Waals surface area contributed by atoms with Crippen molar-refractivity contribution in [2.75, 3.05) is 0 Å². The Kier molecular flexibility index (Phi) is 2.77. The number of fused-ring (bicyclic) bond motifs is 3. The van der Waals surface area contributed by atoms with Crippen LogP contribution in [0.5, 0.6) is 5.75 Å². The van der Waals surface area contributed by atoms with Crippen LogP contribution in [0, 0.1) is 20.2 Å². The Bertz CT molecular complexity index is 1020. The number of nitrogens with zero attached hydrogens (tertiary/aromatic N) is 2. The van der Waals surface area contributed by atoms with Crippen LogP contribution in [0.15, 0.2) is 39.5 Å². The molecule has 0 aliphatic heterocycles. The number of nitro benzene ring substituents is 2. The molecule has 0 bridgehead atoms. The molecular weight excluding hydrogens is 296 g/mol. The Labute approximate surface area is 120 Å². The molecule has 1 N–H and O–H groups in total. The first-order valence-corrected chi connectivity index (χ1v) is 5.91. The first-order chi connectivity index (χ1) is 10.4. The molecule has 0 aliphatic carbocycles. The smallest absolute Gasteiger partial charge is 0.344 e. The van der Waals surface area contributed by atoms with Crippen molar-refractivity contribution in [3.63, 3.8) is 0 Å². The van der Waals surface area contributed by atoms with E-state index in [0.29, 0.717) is 0 Å². The van der Waals surface area contributed by atoms with Gasteiger partial charge < -0.3 is 9.52 Å². The summed E-state index contributed by atoms with van der Waals surface area (Å²) in [5.74, 6) is -0.476. The minimum Gasteiger partial charge on any atom is -0.507 e. The van der Waals surface area contributed by atoms with Crippen molar-refractivity contribution in [3.8, 4) is 5.75 Å². The second kappa shape index (κ2) is 4.52. The monoisotopic (exact) mass is 302 g/mol. The number of aromatic hydroxyl groups is 1. The van der Waals surface area contributed by atoms with Crippen molar-refractivity contribution in [1.82, 2.24) is 0 Å². The number of rotatable bonds is 2. The summed E-state index contributed by atoms with van der Waals surface area (Å²) in [6.45, 7) is 0. The van der Waals surface area contributed by atoms with Gasteiger partial charge in [0, 0.05) is 22.9 Å². The van der Waals surface area contributed by atoms with E-state index in [4.69, 9.17) is 4.42 Å². The standard InChI is InChI=1S/C13H6N2O7/c16-10-4-7(15(20)21)3-9-12(10)8-2-1-6(14(18)19)5-11(8)22-13(9)17/h1-5,16H. The third-order valence-electron chi connectivity index (χ3n) is 3.18. The largest absolute Gasteiger partial charge is 0.507 e. The van der Waals surface area contributed by atoms with Crippen LogP contribution in [-0.4, -0.2) is 15.0 Å². The fourth-order valence-electron chi connectivity index (χ4n) is 2.23. The molecule has 22 heavy (non-hydrogen) atoms. The van der Waals surface area contributed by atoms with E-state index in [-0.39, 0.29) is 27.4 Å². The third-order valence-corrected chi connectivity index (χ3v) is 3.18. The first kappa shape index (κ1) is 13.5. The summed E-state index contributed by atoms with van der Waals surface area (Å²) >= 11 is 0. The Morgan fingerprint density at radius 3 is 2.27 bits per heavy atom. The molecule has 0 fully saturated rings. The molecule has 0 aliphatic rings. The summed E-state index contributed by atoms with van der Waals surface area (Å²) in [4.78, 5) is 32.0. The van der Waals surface area contributed by atoms with E-state index in [1.807, 2.05) is 0 Å². The first-order valence-electron chi connectivity index (χ1n) is 5.91.